The molecule has 3 heterocycles. The lowest BCUT2D eigenvalue weighted by molar-refractivity contribution is -0.122. The number of carbonyl (C=O) groups is 2. The monoisotopic (exact) mass is 458 g/mol. The van der Waals surface area contributed by atoms with E-state index in [1.165, 1.54) is 0 Å². The Bertz CT molecular complexity index is 1390. The summed E-state index contributed by atoms with van der Waals surface area (Å²) in [6.45, 7) is 8.12. The molecule has 1 aliphatic rings. The number of nitrogens with zero attached hydrogens (tertiary/aromatic N) is 3. The fourth-order valence-electron chi connectivity index (χ4n) is 4.31. The van der Waals surface area contributed by atoms with Crippen molar-refractivity contribution in [3.8, 4) is 17.3 Å². The van der Waals surface area contributed by atoms with Gasteiger partial charge in [0.2, 0.25) is 5.91 Å². The molecule has 0 spiro atoms. The second kappa shape index (κ2) is 8.02. The third-order valence-electron chi connectivity index (χ3n) is 6.21. The number of benzene rings is 2. The maximum absolute atomic E-state index is 12.8. The van der Waals surface area contributed by atoms with Gasteiger partial charge in [0, 0.05) is 12.7 Å². The van der Waals surface area contributed by atoms with Crippen LogP contribution >= 0.6 is 0 Å². The van der Waals surface area contributed by atoms with E-state index < -0.39 is 11.5 Å². The van der Waals surface area contributed by atoms with Gasteiger partial charge < -0.3 is 19.9 Å². The molecule has 9 heteroatoms. The normalized spacial score (nSPS) is 15.4. The Morgan fingerprint density at radius 2 is 2.00 bits per heavy atom. The summed E-state index contributed by atoms with van der Waals surface area (Å²) in [6.07, 6.45) is 0.902. The molecular formula is C25H26N6O3. The Morgan fingerprint density at radius 3 is 2.74 bits per heavy atom. The van der Waals surface area contributed by atoms with Crippen molar-refractivity contribution in [2.24, 2.45) is 0 Å². The lowest BCUT2D eigenvalue weighted by Gasteiger charge is -2.18. The van der Waals surface area contributed by atoms with Gasteiger partial charge in [-0.05, 0) is 57.5 Å². The van der Waals surface area contributed by atoms with Crippen LogP contribution in [0.15, 0.2) is 48.7 Å². The number of H-pyrrole nitrogens is 2. The van der Waals surface area contributed by atoms with E-state index >= 15 is 0 Å². The van der Waals surface area contributed by atoms with E-state index in [-0.39, 0.29) is 11.8 Å². The van der Waals surface area contributed by atoms with Gasteiger partial charge in [0.1, 0.15) is 5.75 Å². The van der Waals surface area contributed by atoms with E-state index in [9.17, 15) is 9.59 Å². The highest BCUT2D eigenvalue weighted by Gasteiger charge is 2.43. The van der Waals surface area contributed by atoms with Gasteiger partial charge in [0.05, 0.1) is 27.8 Å². The molecule has 174 valence electrons. The number of aromatic amines is 2. The van der Waals surface area contributed by atoms with Crippen LogP contribution in [-0.4, -0.2) is 44.6 Å². The first-order valence-electron chi connectivity index (χ1n) is 11.2. The van der Waals surface area contributed by atoms with Gasteiger partial charge in [-0.15, -0.1) is 0 Å². The number of hydrogen-bond donors (Lipinski definition) is 3. The minimum Gasteiger partial charge on any atom is -0.481 e. The van der Waals surface area contributed by atoms with Crippen molar-refractivity contribution in [3.05, 3.63) is 54.2 Å². The average molecular weight is 459 g/mol. The Kier molecular flexibility index (Phi) is 5.11. The van der Waals surface area contributed by atoms with Gasteiger partial charge >= 0.3 is 0 Å². The number of aromatic nitrogens is 4. The molecule has 9 nitrogen and oxygen atoms in total. The van der Waals surface area contributed by atoms with E-state index in [1.807, 2.05) is 51.1 Å². The number of rotatable bonds is 6. The van der Waals surface area contributed by atoms with Crippen LogP contribution < -0.4 is 15.0 Å². The fourth-order valence-corrected chi connectivity index (χ4v) is 4.31. The van der Waals surface area contributed by atoms with Gasteiger partial charge in [-0.25, -0.2) is 4.98 Å². The Balaban J connectivity index is 1.42. The van der Waals surface area contributed by atoms with Crippen LogP contribution in [-0.2, 0) is 15.0 Å². The van der Waals surface area contributed by atoms with Crippen molar-refractivity contribution >= 4 is 34.2 Å². The van der Waals surface area contributed by atoms with Gasteiger partial charge in [-0.1, -0.05) is 18.2 Å². The van der Waals surface area contributed by atoms with Crippen LogP contribution in [0, 0.1) is 0 Å². The van der Waals surface area contributed by atoms with Crippen molar-refractivity contribution in [1.82, 2.24) is 20.2 Å². The van der Waals surface area contributed by atoms with Crippen LogP contribution in [0.4, 0.5) is 11.4 Å². The van der Waals surface area contributed by atoms with Crippen LogP contribution in [0.3, 0.4) is 0 Å². The summed E-state index contributed by atoms with van der Waals surface area (Å²) >= 11 is 0. The summed E-state index contributed by atoms with van der Waals surface area (Å²) < 4.78 is 5.71. The third kappa shape index (κ3) is 3.49. The van der Waals surface area contributed by atoms with Crippen molar-refractivity contribution in [3.63, 3.8) is 0 Å². The highest BCUT2D eigenvalue weighted by atomic mass is 16.5. The number of para-hydroxylation sites is 1. The number of nitrogens with one attached hydrogen (secondary N) is 3. The first kappa shape index (κ1) is 21.7. The van der Waals surface area contributed by atoms with E-state index in [2.05, 4.69) is 20.5 Å². The highest BCUT2D eigenvalue weighted by Crippen LogP contribution is 2.43. The molecule has 34 heavy (non-hydrogen) atoms. The topological polar surface area (TPSA) is 116 Å². The number of carbonyl (C=O) groups excluding carboxylic acids is 2. The third-order valence-corrected chi connectivity index (χ3v) is 6.21. The first-order chi connectivity index (χ1) is 16.3. The van der Waals surface area contributed by atoms with E-state index in [0.717, 1.165) is 22.3 Å². The summed E-state index contributed by atoms with van der Waals surface area (Å²) in [7, 11) is 0. The minimum atomic E-state index is -0.705. The molecule has 4 aromatic rings. The number of ether oxygens (including phenoxy) is 1. The largest absolute Gasteiger partial charge is 0.481 e. The molecule has 1 unspecified atom stereocenters. The number of hydrogen-bond acceptors (Lipinski definition) is 5. The van der Waals surface area contributed by atoms with Crippen molar-refractivity contribution in [2.75, 3.05) is 16.8 Å². The van der Waals surface area contributed by atoms with E-state index in [1.54, 1.807) is 30.2 Å². The second-order valence-electron chi connectivity index (χ2n) is 8.86. The molecule has 2 amide bonds. The molecule has 5 rings (SSSR count). The van der Waals surface area contributed by atoms with E-state index in [0.29, 0.717) is 29.5 Å². The molecule has 0 saturated heterocycles. The van der Waals surface area contributed by atoms with Crippen molar-refractivity contribution in [2.45, 2.75) is 39.2 Å². The number of likely N-dealkylation sites (N-methyl/N-ethyl adjacent to an activating group) is 1. The quantitative estimate of drug-likeness (QED) is 0.404. The van der Waals surface area contributed by atoms with Gasteiger partial charge in [-0.2, -0.15) is 5.10 Å². The molecule has 0 radical (unpaired) electrons. The molecule has 2 aromatic carbocycles. The molecule has 0 aliphatic carbocycles. The van der Waals surface area contributed by atoms with Crippen LogP contribution in [0.5, 0.6) is 5.75 Å². The Morgan fingerprint density at radius 1 is 1.24 bits per heavy atom. The number of amides is 2. The number of imidazole rings is 1. The fraction of sp³-hybridized carbons (Fsp3) is 0.280. The molecule has 0 saturated carbocycles. The molecule has 1 atom stereocenters. The van der Waals surface area contributed by atoms with Crippen LogP contribution in [0.2, 0.25) is 0 Å². The number of fused-ring (bicyclic) bond motifs is 2. The van der Waals surface area contributed by atoms with Crippen molar-refractivity contribution < 1.29 is 14.3 Å². The summed E-state index contributed by atoms with van der Waals surface area (Å²) in [4.78, 5) is 35.3. The SMILES string of the molecule is CCN1C(=O)C(C)(C)c2cc3[nH]c(-c4n[nH]cc4NC(=O)C(C)Oc4ccccc4)nc3cc21. The standard InChI is InChI=1S/C25H26N6O3/c1-5-31-20-12-18-17(11-16(20)25(3,4)24(31)33)27-22(28-18)21-19(13-26-30-21)29-23(32)14(2)34-15-9-7-6-8-10-15/h6-14H,5H2,1-4H3,(H,26,30)(H,27,28)(H,29,32). The molecular weight excluding hydrogens is 432 g/mol. The Labute approximate surface area is 196 Å². The zero-order valence-electron chi connectivity index (χ0n) is 19.5. The zero-order chi connectivity index (χ0) is 24.0. The second-order valence-corrected chi connectivity index (χ2v) is 8.86. The predicted octanol–water partition coefficient (Wildman–Crippen LogP) is 4.00. The van der Waals surface area contributed by atoms with Crippen LogP contribution in [0.25, 0.3) is 22.6 Å². The smallest absolute Gasteiger partial charge is 0.265 e. The summed E-state index contributed by atoms with van der Waals surface area (Å²) in [5.74, 6) is 0.909. The molecule has 2 aromatic heterocycles. The lowest BCUT2D eigenvalue weighted by atomic mass is 9.86. The summed E-state index contributed by atoms with van der Waals surface area (Å²) in [5, 5.41) is 9.95. The van der Waals surface area contributed by atoms with Crippen LogP contribution in [0.1, 0.15) is 33.3 Å². The summed E-state index contributed by atoms with van der Waals surface area (Å²) in [5.41, 5.74) is 3.73. The van der Waals surface area contributed by atoms with Gasteiger partial charge in [0.15, 0.2) is 17.6 Å². The van der Waals surface area contributed by atoms with Gasteiger partial charge in [0.25, 0.3) is 5.91 Å². The van der Waals surface area contributed by atoms with E-state index in [4.69, 9.17) is 9.72 Å². The maximum atomic E-state index is 12.8. The maximum Gasteiger partial charge on any atom is 0.265 e. The van der Waals surface area contributed by atoms with Crippen molar-refractivity contribution in [1.29, 1.82) is 0 Å². The minimum absolute atomic E-state index is 0.0852. The molecule has 1 aliphatic heterocycles. The molecule has 0 fully saturated rings. The predicted molar refractivity (Wildman–Crippen MR) is 130 cm³/mol. The molecule has 0 bridgehead atoms. The zero-order valence-corrected chi connectivity index (χ0v) is 19.5. The molecule has 3 N–H and O–H groups in total. The van der Waals surface area contributed by atoms with Gasteiger partial charge in [-0.3, -0.25) is 14.7 Å². The number of anilines is 2. The average Bonchev–Trinajstić information content (AvgIpc) is 3.49. The summed E-state index contributed by atoms with van der Waals surface area (Å²) in [6, 6.07) is 13.1. The highest BCUT2D eigenvalue weighted by molar-refractivity contribution is 6.09. The lowest BCUT2D eigenvalue weighted by Crippen LogP contribution is -2.35. The Hall–Kier alpha value is -4.14. The first-order valence-corrected chi connectivity index (χ1v) is 11.2.